The van der Waals surface area contributed by atoms with Gasteiger partial charge in [0.2, 0.25) is 0 Å². The molecule has 1 aliphatic heterocycles. The highest BCUT2D eigenvalue weighted by Crippen LogP contribution is 2.32. The van der Waals surface area contributed by atoms with Gasteiger partial charge in [-0.15, -0.1) is 0 Å². The van der Waals surface area contributed by atoms with Crippen molar-refractivity contribution in [1.29, 1.82) is 0 Å². The molecule has 1 aromatic carbocycles. The van der Waals surface area contributed by atoms with Crippen LogP contribution in [0.1, 0.15) is 38.8 Å². The maximum atomic E-state index is 13.8. The Morgan fingerprint density at radius 1 is 1.33 bits per heavy atom. The van der Waals surface area contributed by atoms with Crippen LogP contribution in [0, 0.1) is 17.7 Å². The normalized spacial score (nSPS) is 22.6. The second kappa shape index (κ2) is 5.27. The van der Waals surface area contributed by atoms with Crippen LogP contribution in [0.15, 0.2) is 18.2 Å². The molecule has 18 heavy (non-hydrogen) atoms. The number of likely N-dealkylation sites (tertiary alicyclic amines) is 1. The van der Waals surface area contributed by atoms with Gasteiger partial charge >= 0.3 is 0 Å². The molecule has 0 spiro atoms. The van der Waals surface area contributed by atoms with Gasteiger partial charge in [-0.25, -0.2) is 4.39 Å². The van der Waals surface area contributed by atoms with Gasteiger partial charge in [0, 0.05) is 24.2 Å². The van der Waals surface area contributed by atoms with E-state index in [1.54, 1.807) is 12.1 Å². The predicted molar refractivity (Wildman–Crippen MR) is 71.0 cm³/mol. The van der Waals surface area contributed by atoms with E-state index in [-0.39, 0.29) is 17.6 Å². The van der Waals surface area contributed by atoms with Crippen LogP contribution in [-0.4, -0.2) is 23.1 Å². The van der Waals surface area contributed by atoms with Crippen molar-refractivity contribution in [2.75, 3.05) is 13.1 Å². The summed E-state index contributed by atoms with van der Waals surface area (Å²) in [6.45, 7) is 8.61. The summed E-state index contributed by atoms with van der Waals surface area (Å²) in [6.07, 6.45) is 1.20. The smallest absolute Gasteiger partial charge is 0.131 e. The summed E-state index contributed by atoms with van der Waals surface area (Å²) in [5.41, 5.74) is 0.678. The number of phenols is 1. The number of rotatable bonds is 3. The van der Waals surface area contributed by atoms with Crippen LogP contribution in [0.3, 0.4) is 0 Å². The molecule has 1 N–H and O–H groups in total. The first-order valence-electron chi connectivity index (χ1n) is 6.71. The van der Waals surface area contributed by atoms with E-state index in [0.29, 0.717) is 17.4 Å². The molecule has 1 heterocycles. The molecular weight excluding hydrogens is 229 g/mol. The highest BCUT2D eigenvalue weighted by atomic mass is 19.1. The van der Waals surface area contributed by atoms with Crippen LogP contribution in [0.2, 0.25) is 0 Å². The van der Waals surface area contributed by atoms with Crippen LogP contribution in [-0.2, 0) is 0 Å². The molecule has 1 aromatic rings. The first kappa shape index (κ1) is 13.3. The highest BCUT2D eigenvalue weighted by Gasteiger charge is 2.29. The van der Waals surface area contributed by atoms with Crippen LogP contribution < -0.4 is 0 Å². The van der Waals surface area contributed by atoms with Gasteiger partial charge in [-0.1, -0.05) is 19.9 Å². The SMILES string of the molecule is CC(C)C1CCN(C(C)c2ccc(O)cc2F)C1. The molecule has 0 amide bonds. The number of hydrogen-bond acceptors (Lipinski definition) is 2. The van der Waals surface area contributed by atoms with Crippen LogP contribution in [0.5, 0.6) is 5.75 Å². The molecule has 2 rings (SSSR count). The topological polar surface area (TPSA) is 23.5 Å². The summed E-state index contributed by atoms with van der Waals surface area (Å²) in [4.78, 5) is 2.33. The van der Waals surface area contributed by atoms with Gasteiger partial charge in [-0.3, -0.25) is 4.90 Å². The first-order chi connectivity index (χ1) is 8.49. The van der Waals surface area contributed by atoms with Gasteiger partial charge in [0.1, 0.15) is 11.6 Å². The Morgan fingerprint density at radius 3 is 2.61 bits per heavy atom. The van der Waals surface area contributed by atoms with E-state index in [9.17, 15) is 9.50 Å². The molecule has 1 fully saturated rings. The minimum Gasteiger partial charge on any atom is -0.508 e. The average Bonchev–Trinajstić information content (AvgIpc) is 2.77. The fourth-order valence-corrected chi connectivity index (χ4v) is 2.76. The van der Waals surface area contributed by atoms with Crippen molar-refractivity contribution in [2.45, 2.75) is 33.2 Å². The van der Waals surface area contributed by atoms with Crippen LogP contribution in [0.4, 0.5) is 4.39 Å². The number of benzene rings is 1. The predicted octanol–water partition coefficient (Wildman–Crippen LogP) is 3.57. The molecule has 2 unspecified atom stereocenters. The average molecular weight is 251 g/mol. The van der Waals surface area contributed by atoms with Gasteiger partial charge in [0.05, 0.1) is 0 Å². The van der Waals surface area contributed by atoms with Crippen molar-refractivity contribution in [2.24, 2.45) is 11.8 Å². The summed E-state index contributed by atoms with van der Waals surface area (Å²) in [6, 6.07) is 4.53. The maximum Gasteiger partial charge on any atom is 0.131 e. The van der Waals surface area contributed by atoms with Gasteiger partial charge in [-0.2, -0.15) is 0 Å². The molecule has 1 aliphatic rings. The molecule has 3 heteroatoms. The Morgan fingerprint density at radius 2 is 2.06 bits per heavy atom. The van der Waals surface area contributed by atoms with Gasteiger partial charge < -0.3 is 5.11 Å². The minimum absolute atomic E-state index is 0.00933. The lowest BCUT2D eigenvalue weighted by atomic mass is 9.95. The molecule has 100 valence electrons. The van der Waals surface area contributed by atoms with Gasteiger partial charge in [0.15, 0.2) is 0 Å². The van der Waals surface area contributed by atoms with E-state index < -0.39 is 0 Å². The molecule has 0 aromatic heterocycles. The third-order valence-electron chi connectivity index (χ3n) is 4.18. The molecule has 2 atom stereocenters. The Labute approximate surface area is 108 Å². The summed E-state index contributed by atoms with van der Waals surface area (Å²) < 4.78 is 13.8. The monoisotopic (exact) mass is 251 g/mol. The van der Waals surface area contributed by atoms with Crippen molar-refractivity contribution in [3.63, 3.8) is 0 Å². The zero-order chi connectivity index (χ0) is 13.3. The van der Waals surface area contributed by atoms with Crippen molar-refractivity contribution >= 4 is 0 Å². The molecule has 2 nitrogen and oxygen atoms in total. The Balaban J connectivity index is 2.10. The van der Waals surface area contributed by atoms with Crippen molar-refractivity contribution in [1.82, 2.24) is 4.90 Å². The Hall–Kier alpha value is -1.09. The molecule has 0 radical (unpaired) electrons. The summed E-state index contributed by atoms with van der Waals surface area (Å²) in [5, 5.41) is 9.25. The number of aromatic hydroxyl groups is 1. The fourth-order valence-electron chi connectivity index (χ4n) is 2.76. The molecule has 0 bridgehead atoms. The summed E-state index contributed by atoms with van der Waals surface area (Å²) in [5.74, 6) is 1.08. The molecular formula is C15H22FNO. The standard InChI is InChI=1S/C15H22FNO/c1-10(2)12-6-7-17(9-12)11(3)14-5-4-13(18)8-15(14)16/h4-5,8,10-12,18H,6-7,9H2,1-3H3. The number of nitrogens with zero attached hydrogens (tertiary/aromatic N) is 1. The zero-order valence-electron chi connectivity index (χ0n) is 11.4. The van der Waals surface area contributed by atoms with Crippen LogP contribution >= 0.6 is 0 Å². The molecule has 1 saturated heterocycles. The van der Waals surface area contributed by atoms with Crippen molar-refractivity contribution < 1.29 is 9.50 Å². The summed E-state index contributed by atoms with van der Waals surface area (Å²) >= 11 is 0. The lowest BCUT2D eigenvalue weighted by Crippen LogP contribution is -2.26. The zero-order valence-corrected chi connectivity index (χ0v) is 11.4. The van der Waals surface area contributed by atoms with E-state index in [2.05, 4.69) is 18.7 Å². The second-order valence-corrected chi connectivity index (χ2v) is 5.67. The van der Waals surface area contributed by atoms with E-state index >= 15 is 0 Å². The minimum atomic E-state index is -0.310. The van der Waals surface area contributed by atoms with E-state index in [0.717, 1.165) is 13.1 Å². The van der Waals surface area contributed by atoms with E-state index in [1.165, 1.54) is 12.5 Å². The summed E-state index contributed by atoms with van der Waals surface area (Å²) in [7, 11) is 0. The van der Waals surface area contributed by atoms with Gasteiger partial charge in [-0.05, 0) is 37.8 Å². The maximum absolute atomic E-state index is 13.8. The third-order valence-corrected chi connectivity index (χ3v) is 4.18. The Bertz CT molecular complexity index is 419. The van der Waals surface area contributed by atoms with Crippen molar-refractivity contribution in [3.05, 3.63) is 29.6 Å². The number of halogens is 1. The van der Waals surface area contributed by atoms with E-state index in [4.69, 9.17) is 0 Å². The lowest BCUT2D eigenvalue weighted by Gasteiger charge is -2.25. The number of phenolic OH excluding ortho intramolecular Hbond substituents is 1. The van der Waals surface area contributed by atoms with E-state index in [1.807, 2.05) is 6.92 Å². The van der Waals surface area contributed by atoms with Crippen LogP contribution in [0.25, 0.3) is 0 Å². The molecule has 0 saturated carbocycles. The quantitative estimate of drug-likeness (QED) is 0.887. The fraction of sp³-hybridized carbons (Fsp3) is 0.600. The Kier molecular flexibility index (Phi) is 3.91. The molecule has 0 aliphatic carbocycles. The largest absolute Gasteiger partial charge is 0.508 e. The van der Waals surface area contributed by atoms with Gasteiger partial charge in [0.25, 0.3) is 0 Å². The number of hydrogen-bond donors (Lipinski definition) is 1. The lowest BCUT2D eigenvalue weighted by molar-refractivity contribution is 0.237. The van der Waals surface area contributed by atoms with Crippen molar-refractivity contribution in [3.8, 4) is 5.75 Å². The highest BCUT2D eigenvalue weighted by molar-refractivity contribution is 5.29. The third kappa shape index (κ3) is 2.66. The second-order valence-electron chi connectivity index (χ2n) is 5.67. The first-order valence-corrected chi connectivity index (χ1v) is 6.71.